The van der Waals surface area contributed by atoms with E-state index >= 15 is 0 Å². The maximum atomic E-state index is 11.7. The first-order valence-electron chi connectivity index (χ1n) is 5.62. The molecule has 2 rings (SSSR count). The van der Waals surface area contributed by atoms with E-state index in [9.17, 15) is 14.7 Å². The van der Waals surface area contributed by atoms with Crippen molar-refractivity contribution in [2.45, 2.75) is 26.7 Å². The van der Waals surface area contributed by atoms with Crippen molar-refractivity contribution in [3.8, 4) is 0 Å². The van der Waals surface area contributed by atoms with Crippen molar-refractivity contribution in [1.29, 1.82) is 0 Å². The summed E-state index contributed by atoms with van der Waals surface area (Å²) in [6.07, 6.45) is 1.19. The molecule has 1 atom stereocenters. The van der Waals surface area contributed by atoms with E-state index in [1.165, 1.54) is 0 Å². The lowest BCUT2D eigenvalue weighted by atomic mass is 9.85. The zero-order valence-corrected chi connectivity index (χ0v) is 9.78. The molecule has 0 bridgehead atoms. The van der Waals surface area contributed by atoms with Crippen LogP contribution in [0.2, 0.25) is 0 Å². The summed E-state index contributed by atoms with van der Waals surface area (Å²) in [6, 6.07) is 0. The monoisotopic (exact) mass is 238 g/mol. The molecule has 1 unspecified atom stereocenters. The molecule has 0 aromatic heterocycles. The predicted octanol–water partition coefficient (Wildman–Crippen LogP) is 1.60. The second-order valence-corrected chi connectivity index (χ2v) is 4.12. The molecule has 0 spiro atoms. The number of hydrogen-bond acceptors (Lipinski definition) is 5. The molecular formula is C12H14O5. The van der Waals surface area contributed by atoms with Crippen LogP contribution in [-0.4, -0.2) is 23.7 Å². The van der Waals surface area contributed by atoms with E-state index in [2.05, 4.69) is 0 Å². The summed E-state index contributed by atoms with van der Waals surface area (Å²) in [5.74, 6) is -1.44. The van der Waals surface area contributed by atoms with Crippen LogP contribution >= 0.6 is 0 Å². The van der Waals surface area contributed by atoms with Gasteiger partial charge in [0.25, 0.3) is 0 Å². The van der Waals surface area contributed by atoms with Crippen LogP contribution in [0.5, 0.6) is 0 Å². The molecule has 17 heavy (non-hydrogen) atoms. The van der Waals surface area contributed by atoms with Gasteiger partial charge in [0.2, 0.25) is 5.76 Å². The third-order valence-electron chi connectivity index (χ3n) is 3.00. The molecule has 92 valence electrons. The predicted molar refractivity (Wildman–Crippen MR) is 57.8 cm³/mol. The fourth-order valence-corrected chi connectivity index (χ4v) is 2.13. The van der Waals surface area contributed by atoms with Crippen LogP contribution in [0, 0.1) is 5.92 Å². The highest BCUT2D eigenvalue weighted by atomic mass is 16.6. The average molecular weight is 238 g/mol. The van der Waals surface area contributed by atoms with Crippen LogP contribution in [0.3, 0.4) is 0 Å². The Morgan fingerprint density at radius 2 is 2.29 bits per heavy atom. The van der Waals surface area contributed by atoms with Crippen LogP contribution in [0.25, 0.3) is 0 Å². The zero-order valence-electron chi connectivity index (χ0n) is 9.78. The van der Waals surface area contributed by atoms with E-state index in [0.717, 1.165) is 0 Å². The highest BCUT2D eigenvalue weighted by Crippen LogP contribution is 2.40. The smallest absolute Gasteiger partial charge is 0.379 e. The molecule has 0 saturated carbocycles. The largest absolute Gasteiger partial charge is 0.502 e. The second-order valence-electron chi connectivity index (χ2n) is 4.12. The van der Waals surface area contributed by atoms with Crippen LogP contribution < -0.4 is 0 Å². The normalized spacial score (nSPS) is 23.6. The maximum absolute atomic E-state index is 11.7. The van der Waals surface area contributed by atoms with E-state index in [4.69, 9.17) is 9.47 Å². The molecular weight excluding hydrogens is 224 g/mol. The molecule has 5 heteroatoms. The lowest BCUT2D eigenvalue weighted by Crippen LogP contribution is -2.18. The Bertz CT molecular complexity index is 444. The number of ether oxygens (including phenoxy) is 2. The third kappa shape index (κ3) is 1.81. The summed E-state index contributed by atoms with van der Waals surface area (Å²) in [5.41, 5.74) is 0.779. The van der Waals surface area contributed by atoms with E-state index in [0.29, 0.717) is 24.0 Å². The van der Waals surface area contributed by atoms with Gasteiger partial charge in [0.1, 0.15) is 5.76 Å². The zero-order chi connectivity index (χ0) is 12.6. The first-order valence-corrected chi connectivity index (χ1v) is 5.62. The second kappa shape index (κ2) is 4.24. The number of carbonyl (C=O) groups excluding carboxylic acids is 2. The Balaban J connectivity index is 2.44. The number of aliphatic hydroxyl groups is 1. The van der Waals surface area contributed by atoms with Gasteiger partial charge in [0.15, 0.2) is 0 Å². The van der Waals surface area contributed by atoms with Crippen molar-refractivity contribution in [1.82, 2.24) is 0 Å². The number of carbonyl (C=O) groups is 2. The van der Waals surface area contributed by atoms with Gasteiger partial charge in [-0.15, -0.1) is 0 Å². The van der Waals surface area contributed by atoms with Crippen LogP contribution in [0.1, 0.15) is 26.7 Å². The van der Waals surface area contributed by atoms with E-state index in [-0.39, 0.29) is 24.0 Å². The fraction of sp³-hybridized carbons (Fsp3) is 0.500. The van der Waals surface area contributed by atoms with Crippen molar-refractivity contribution in [3.63, 3.8) is 0 Å². The Kier molecular flexibility index (Phi) is 2.92. The van der Waals surface area contributed by atoms with Gasteiger partial charge in [0.05, 0.1) is 12.2 Å². The van der Waals surface area contributed by atoms with E-state index in [1.807, 2.05) is 6.92 Å². The minimum absolute atomic E-state index is 0.00891. The Morgan fingerprint density at radius 1 is 1.59 bits per heavy atom. The number of esters is 2. The first kappa shape index (κ1) is 11.7. The first-order chi connectivity index (χ1) is 8.06. The number of rotatable bonds is 2. The van der Waals surface area contributed by atoms with Crippen molar-refractivity contribution < 1.29 is 24.2 Å². The maximum Gasteiger partial charge on any atom is 0.379 e. The fourth-order valence-electron chi connectivity index (χ4n) is 2.13. The molecule has 2 aliphatic rings. The molecule has 1 heterocycles. The van der Waals surface area contributed by atoms with Crippen molar-refractivity contribution in [3.05, 3.63) is 22.7 Å². The lowest BCUT2D eigenvalue weighted by molar-refractivity contribution is -0.139. The highest BCUT2D eigenvalue weighted by molar-refractivity contribution is 5.97. The molecule has 0 amide bonds. The van der Waals surface area contributed by atoms with Gasteiger partial charge < -0.3 is 14.6 Å². The third-order valence-corrected chi connectivity index (χ3v) is 3.00. The van der Waals surface area contributed by atoms with Gasteiger partial charge in [-0.25, -0.2) is 9.59 Å². The van der Waals surface area contributed by atoms with Crippen molar-refractivity contribution in [2.24, 2.45) is 5.92 Å². The van der Waals surface area contributed by atoms with E-state index < -0.39 is 11.9 Å². The van der Waals surface area contributed by atoms with Crippen molar-refractivity contribution >= 4 is 11.9 Å². The minimum atomic E-state index is -0.787. The SMILES string of the molecule is CCOC(=O)C1=C2OC(=O)C(O)=C2C(C)CC1. The Morgan fingerprint density at radius 3 is 2.94 bits per heavy atom. The van der Waals surface area contributed by atoms with Gasteiger partial charge in [-0.1, -0.05) is 6.92 Å². The van der Waals surface area contributed by atoms with Crippen LogP contribution in [0.15, 0.2) is 22.7 Å². The van der Waals surface area contributed by atoms with Gasteiger partial charge >= 0.3 is 11.9 Å². The van der Waals surface area contributed by atoms with Gasteiger partial charge in [0, 0.05) is 5.57 Å². The average Bonchev–Trinajstić information content (AvgIpc) is 2.57. The molecule has 0 aromatic carbocycles. The van der Waals surface area contributed by atoms with E-state index in [1.54, 1.807) is 6.92 Å². The summed E-state index contributed by atoms with van der Waals surface area (Å²) in [6.45, 7) is 3.86. The Hall–Kier alpha value is -1.78. The van der Waals surface area contributed by atoms with Crippen LogP contribution in [-0.2, 0) is 19.1 Å². The molecule has 0 fully saturated rings. The number of hydrogen-bond donors (Lipinski definition) is 1. The van der Waals surface area contributed by atoms with Crippen LogP contribution in [0.4, 0.5) is 0 Å². The van der Waals surface area contributed by atoms with Gasteiger partial charge in [-0.2, -0.15) is 0 Å². The number of aliphatic hydroxyl groups excluding tert-OH is 1. The van der Waals surface area contributed by atoms with Crippen molar-refractivity contribution in [2.75, 3.05) is 6.61 Å². The molecule has 0 radical (unpaired) electrons. The minimum Gasteiger partial charge on any atom is -0.502 e. The molecule has 0 aromatic rings. The number of fused-ring (bicyclic) bond motifs is 1. The highest BCUT2D eigenvalue weighted by Gasteiger charge is 2.39. The topological polar surface area (TPSA) is 72.8 Å². The molecule has 5 nitrogen and oxygen atoms in total. The summed E-state index contributed by atoms with van der Waals surface area (Å²) in [4.78, 5) is 23.0. The Labute approximate surface area is 98.7 Å². The summed E-state index contributed by atoms with van der Waals surface area (Å²) < 4.78 is 9.85. The molecule has 0 saturated heterocycles. The quantitative estimate of drug-likeness (QED) is 0.740. The summed E-state index contributed by atoms with van der Waals surface area (Å²) in [5, 5.41) is 9.61. The summed E-state index contributed by atoms with van der Waals surface area (Å²) >= 11 is 0. The van der Waals surface area contributed by atoms with Gasteiger partial charge in [-0.05, 0) is 25.7 Å². The number of allylic oxidation sites excluding steroid dienone is 1. The standard InChI is InChI=1S/C12H14O5/c1-3-16-11(14)7-5-4-6(2)8-9(13)12(15)17-10(7)8/h6,13H,3-5H2,1-2H3. The van der Waals surface area contributed by atoms with Gasteiger partial charge in [-0.3, -0.25) is 0 Å². The lowest BCUT2D eigenvalue weighted by Gasteiger charge is -2.21. The molecule has 1 N–H and O–H groups in total. The summed E-state index contributed by atoms with van der Waals surface area (Å²) in [7, 11) is 0. The molecule has 1 aliphatic carbocycles. The molecule has 1 aliphatic heterocycles.